The highest BCUT2D eigenvalue weighted by Crippen LogP contribution is 2.42. The van der Waals surface area contributed by atoms with E-state index >= 15 is 0 Å². The average Bonchev–Trinajstić information content (AvgIpc) is 2.72. The van der Waals surface area contributed by atoms with Gasteiger partial charge >= 0.3 is 0 Å². The lowest BCUT2D eigenvalue weighted by molar-refractivity contribution is -0.0444. The van der Waals surface area contributed by atoms with Crippen LogP contribution in [0, 0.1) is 17.8 Å². The molecular weight excluding hydrogens is 348 g/mol. The molecule has 5 atom stereocenters. The summed E-state index contributed by atoms with van der Waals surface area (Å²) >= 11 is 0. The van der Waals surface area contributed by atoms with Crippen LogP contribution in [0.1, 0.15) is 44.8 Å². The summed E-state index contributed by atoms with van der Waals surface area (Å²) in [6.07, 6.45) is 6.68. The van der Waals surface area contributed by atoms with Gasteiger partial charge in [0.15, 0.2) is 0 Å². The molecule has 0 spiro atoms. The smallest absolute Gasteiger partial charge is 0.120 e. The maximum absolute atomic E-state index is 11.3. The fraction of sp³-hybridized carbons (Fsp3) is 0.542. The molecule has 4 unspecified atom stereocenters. The van der Waals surface area contributed by atoms with Gasteiger partial charge in [0, 0.05) is 24.2 Å². The summed E-state index contributed by atoms with van der Waals surface area (Å²) in [5.41, 5.74) is 1.87. The normalized spacial score (nSPS) is 27.9. The molecule has 0 saturated carbocycles. The fourth-order valence-electron chi connectivity index (χ4n) is 4.82. The molecule has 1 N–H and O–H groups in total. The summed E-state index contributed by atoms with van der Waals surface area (Å²) in [7, 11) is 0. The summed E-state index contributed by atoms with van der Waals surface area (Å²) in [4.78, 5) is 6.95. The van der Waals surface area contributed by atoms with Crippen LogP contribution >= 0.6 is 0 Å². The molecule has 3 saturated heterocycles. The Labute approximate surface area is 168 Å². The summed E-state index contributed by atoms with van der Waals surface area (Å²) in [5, 5.41) is 12.3. The summed E-state index contributed by atoms with van der Waals surface area (Å²) in [5.74, 6) is 2.68. The van der Waals surface area contributed by atoms with Gasteiger partial charge in [-0.3, -0.25) is 9.88 Å². The minimum Gasteiger partial charge on any atom is -0.494 e. The molecule has 150 valence electrons. The number of fused-ring (bicyclic) bond motifs is 4. The first-order valence-electron chi connectivity index (χ1n) is 10.6. The number of rotatable bonds is 7. The lowest BCUT2D eigenvalue weighted by atomic mass is 9.73. The first kappa shape index (κ1) is 19.4. The number of pyridine rings is 1. The highest BCUT2D eigenvalue weighted by Gasteiger charge is 2.42. The maximum Gasteiger partial charge on any atom is 0.120 e. The van der Waals surface area contributed by atoms with Gasteiger partial charge in [-0.1, -0.05) is 19.9 Å². The summed E-state index contributed by atoms with van der Waals surface area (Å²) in [6.45, 7) is 11.2. The van der Waals surface area contributed by atoms with Crippen molar-refractivity contribution >= 4 is 10.9 Å². The second-order valence-electron chi connectivity index (χ2n) is 8.80. The molecule has 4 heterocycles. The molecule has 2 aromatic rings. The Kier molecular flexibility index (Phi) is 5.70. The Bertz CT molecular complexity index is 834. The third kappa shape index (κ3) is 3.81. The van der Waals surface area contributed by atoms with Crippen LogP contribution in [0.4, 0.5) is 0 Å². The average molecular weight is 381 g/mol. The molecule has 3 aliphatic rings. The Morgan fingerprint density at radius 2 is 2.21 bits per heavy atom. The number of ether oxygens (including phenoxy) is 1. The van der Waals surface area contributed by atoms with E-state index in [1.54, 1.807) is 0 Å². The predicted octanol–water partition coefficient (Wildman–Crippen LogP) is 4.59. The minimum absolute atomic E-state index is 0.172. The third-order valence-corrected chi connectivity index (χ3v) is 6.55. The summed E-state index contributed by atoms with van der Waals surface area (Å²) in [6, 6.07) is 8.17. The first-order chi connectivity index (χ1) is 13.6. The van der Waals surface area contributed by atoms with Gasteiger partial charge in [0.1, 0.15) is 5.75 Å². The van der Waals surface area contributed by atoms with Gasteiger partial charge in [-0.15, -0.1) is 6.58 Å². The van der Waals surface area contributed by atoms with Crippen LogP contribution in [-0.2, 0) is 0 Å². The van der Waals surface area contributed by atoms with E-state index < -0.39 is 6.10 Å². The van der Waals surface area contributed by atoms with Crippen LogP contribution in [-0.4, -0.2) is 40.7 Å². The van der Waals surface area contributed by atoms with Crippen molar-refractivity contribution in [1.82, 2.24) is 9.88 Å². The topological polar surface area (TPSA) is 45.6 Å². The predicted molar refractivity (Wildman–Crippen MR) is 113 cm³/mol. The molecular formula is C24H32N2O2. The number of benzene rings is 1. The van der Waals surface area contributed by atoms with Crippen LogP contribution < -0.4 is 4.74 Å². The minimum atomic E-state index is -0.509. The monoisotopic (exact) mass is 380 g/mol. The quantitative estimate of drug-likeness (QED) is 0.714. The number of nitrogens with zero attached hydrogens (tertiary/aromatic N) is 2. The molecule has 3 fully saturated rings. The highest BCUT2D eigenvalue weighted by atomic mass is 16.5. The van der Waals surface area contributed by atoms with Crippen LogP contribution in [0.2, 0.25) is 0 Å². The zero-order valence-electron chi connectivity index (χ0n) is 17.1. The van der Waals surface area contributed by atoms with E-state index in [1.807, 2.05) is 30.5 Å². The van der Waals surface area contributed by atoms with Crippen molar-refractivity contribution in [2.45, 2.75) is 45.3 Å². The third-order valence-electron chi connectivity index (χ3n) is 6.55. The molecule has 4 heteroatoms. The van der Waals surface area contributed by atoms with Crippen LogP contribution in [0.3, 0.4) is 0 Å². The molecule has 1 aromatic carbocycles. The number of hydrogen-bond acceptors (Lipinski definition) is 4. The molecule has 2 bridgehead atoms. The van der Waals surface area contributed by atoms with E-state index in [1.165, 1.54) is 6.42 Å². The van der Waals surface area contributed by atoms with Crippen LogP contribution in [0.5, 0.6) is 5.75 Å². The Hall–Kier alpha value is -1.91. The van der Waals surface area contributed by atoms with E-state index in [9.17, 15) is 5.11 Å². The molecule has 0 aliphatic carbocycles. The van der Waals surface area contributed by atoms with Gasteiger partial charge in [-0.05, 0) is 73.4 Å². The van der Waals surface area contributed by atoms with Gasteiger partial charge in [-0.2, -0.15) is 0 Å². The largest absolute Gasteiger partial charge is 0.494 e. The van der Waals surface area contributed by atoms with Gasteiger partial charge in [0.2, 0.25) is 0 Å². The molecule has 5 rings (SSSR count). The first-order valence-corrected chi connectivity index (χ1v) is 10.6. The Morgan fingerprint density at radius 3 is 2.93 bits per heavy atom. The van der Waals surface area contributed by atoms with Crippen molar-refractivity contribution in [1.29, 1.82) is 0 Å². The zero-order chi connectivity index (χ0) is 19.7. The highest BCUT2D eigenvalue weighted by molar-refractivity contribution is 5.84. The molecule has 4 nitrogen and oxygen atoms in total. The molecule has 0 radical (unpaired) electrons. The maximum atomic E-state index is 11.3. The van der Waals surface area contributed by atoms with Crippen molar-refractivity contribution in [3.63, 3.8) is 0 Å². The lowest BCUT2D eigenvalue weighted by Gasteiger charge is -2.50. The number of aromatic nitrogens is 1. The van der Waals surface area contributed by atoms with E-state index in [-0.39, 0.29) is 6.04 Å². The zero-order valence-corrected chi connectivity index (χ0v) is 17.1. The lowest BCUT2D eigenvalue weighted by Crippen LogP contribution is -2.54. The van der Waals surface area contributed by atoms with E-state index in [2.05, 4.69) is 36.4 Å². The standard InChI is InChI=1S/C24H32N2O2/c1-4-17-15-26-11-8-18(17)13-23(26)24(27)20-7-10-25-22-6-5-19(14-21(20)22)28-12-9-16(2)3/h4-7,10,14,16-18,23-24,27H,1,8-9,11-13,15H2,2-3H3/t17?,18?,23?,24-/m1/s1. The van der Waals surface area contributed by atoms with Gasteiger partial charge in [0.05, 0.1) is 18.2 Å². The van der Waals surface area contributed by atoms with Crippen LogP contribution in [0.15, 0.2) is 43.1 Å². The van der Waals surface area contributed by atoms with Crippen molar-refractivity contribution in [3.8, 4) is 5.75 Å². The van der Waals surface area contributed by atoms with Crippen molar-refractivity contribution in [3.05, 3.63) is 48.7 Å². The fourth-order valence-corrected chi connectivity index (χ4v) is 4.82. The number of hydrogen-bond donors (Lipinski definition) is 1. The number of piperidine rings is 3. The van der Waals surface area contributed by atoms with E-state index in [0.29, 0.717) is 24.4 Å². The molecule has 3 aliphatic heterocycles. The Balaban J connectivity index is 1.58. The molecule has 28 heavy (non-hydrogen) atoms. The SMILES string of the molecule is C=CC1CN2CCC1CC2[C@H](O)c1ccnc2ccc(OCCC(C)C)cc12. The van der Waals surface area contributed by atoms with Gasteiger partial charge in [0.25, 0.3) is 0 Å². The second kappa shape index (κ2) is 8.22. The van der Waals surface area contributed by atoms with E-state index in [4.69, 9.17) is 4.74 Å². The van der Waals surface area contributed by atoms with E-state index in [0.717, 1.165) is 48.1 Å². The van der Waals surface area contributed by atoms with Crippen molar-refractivity contribution < 1.29 is 9.84 Å². The van der Waals surface area contributed by atoms with Gasteiger partial charge < -0.3 is 9.84 Å². The van der Waals surface area contributed by atoms with Crippen LogP contribution in [0.25, 0.3) is 10.9 Å². The van der Waals surface area contributed by atoms with Crippen molar-refractivity contribution in [2.24, 2.45) is 17.8 Å². The second-order valence-corrected chi connectivity index (χ2v) is 8.80. The summed E-state index contributed by atoms with van der Waals surface area (Å²) < 4.78 is 5.95. The Morgan fingerprint density at radius 1 is 1.36 bits per heavy atom. The molecule has 1 aromatic heterocycles. The van der Waals surface area contributed by atoms with Gasteiger partial charge in [-0.25, -0.2) is 0 Å². The number of aliphatic hydroxyl groups is 1. The van der Waals surface area contributed by atoms with Crippen molar-refractivity contribution in [2.75, 3.05) is 19.7 Å². The number of aliphatic hydroxyl groups excluding tert-OH is 1. The molecule has 0 amide bonds.